The van der Waals surface area contributed by atoms with E-state index in [0.29, 0.717) is 11.8 Å². The number of alkyl halides is 2. The molecule has 0 bridgehead atoms. The van der Waals surface area contributed by atoms with E-state index in [9.17, 15) is 0 Å². The number of benzene rings is 3. The summed E-state index contributed by atoms with van der Waals surface area (Å²) in [6, 6.07) is 20.3. The molecular formula is C85H136Cl2Si5. The van der Waals surface area contributed by atoms with Gasteiger partial charge in [-0.05, 0) is 121 Å². The van der Waals surface area contributed by atoms with Gasteiger partial charge < -0.3 is 0 Å². The number of aryl methyl sites for hydroxylation is 3. The highest BCUT2D eigenvalue weighted by molar-refractivity contribution is 6.97. The third-order valence-corrected chi connectivity index (χ3v) is 36.7. The molecule has 0 aliphatic heterocycles. The van der Waals surface area contributed by atoms with E-state index in [-0.39, 0.29) is 0 Å². The van der Waals surface area contributed by atoms with Crippen molar-refractivity contribution in [1.82, 2.24) is 0 Å². The number of hydrogen-bond donors (Lipinski definition) is 0. The lowest BCUT2D eigenvalue weighted by molar-refractivity contribution is 0.584. The first-order valence-electron chi connectivity index (χ1n) is 37.1. The fourth-order valence-corrected chi connectivity index (χ4v) is 28.0. The van der Waals surface area contributed by atoms with Crippen LogP contribution in [-0.2, 0) is 11.8 Å². The summed E-state index contributed by atoms with van der Waals surface area (Å²) >= 11 is 13.2. The molecule has 3 aromatic rings. The first-order chi connectivity index (χ1) is 43.8. The molecule has 510 valence electrons. The molecule has 7 heteroatoms. The molecule has 92 heavy (non-hydrogen) atoms. The normalized spacial score (nSPS) is 11.7. The molecule has 0 radical (unpaired) electrons. The fraction of sp³-hybridized carbons (Fsp3) is 0.624. The second-order valence-electron chi connectivity index (χ2n) is 30.0. The molecule has 0 heterocycles. The van der Waals surface area contributed by atoms with Gasteiger partial charge in [-0.25, -0.2) is 0 Å². The van der Waals surface area contributed by atoms with E-state index in [1.165, 1.54) is 248 Å². The van der Waals surface area contributed by atoms with E-state index in [4.69, 9.17) is 29.6 Å². The Labute approximate surface area is 587 Å². The Hall–Kier alpha value is -3.40. The average Bonchev–Trinajstić information content (AvgIpc) is 0.866. The molecule has 0 unspecified atom stereocenters. The summed E-state index contributed by atoms with van der Waals surface area (Å²) in [7, 11) is -7.90. The van der Waals surface area contributed by atoms with Crippen LogP contribution < -0.4 is 25.9 Å². The number of terminal acetylenes is 1. The summed E-state index contributed by atoms with van der Waals surface area (Å²) in [6.45, 7) is 45.2. The van der Waals surface area contributed by atoms with Gasteiger partial charge in [0.05, 0.1) is 32.3 Å². The first kappa shape index (κ1) is 86.6. The van der Waals surface area contributed by atoms with Crippen LogP contribution in [0, 0.1) is 80.1 Å². The topological polar surface area (TPSA) is 0 Å². The van der Waals surface area contributed by atoms with Gasteiger partial charge in [0, 0.05) is 11.8 Å². The van der Waals surface area contributed by atoms with Crippen LogP contribution in [0.3, 0.4) is 0 Å². The Balaban J connectivity index is 0.000000710. The van der Waals surface area contributed by atoms with Crippen LogP contribution in [0.1, 0.15) is 260 Å². The van der Waals surface area contributed by atoms with Gasteiger partial charge in [0.1, 0.15) is 0 Å². The van der Waals surface area contributed by atoms with Crippen molar-refractivity contribution in [2.45, 2.75) is 344 Å². The van der Waals surface area contributed by atoms with Crippen LogP contribution in [0.15, 0.2) is 48.6 Å². The molecule has 0 fully saturated rings. The fourth-order valence-electron chi connectivity index (χ4n) is 13.3. The zero-order chi connectivity index (χ0) is 68.9. The smallest absolute Gasteiger partial charge is 0.122 e. The predicted octanol–water partition coefficient (Wildman–Crippen LogP) is 24.3. The van der Waals surface area contributed by atoms with Crippen LogP contribution in [0.5, 0.6) is 0 Å². The summed E-state index contributed by atoms with van der Waals surface area (Å²) in [6.07, 6.45) is 52.8. The Kier molecular flexibility index (Phi) is 46.3. The molecular weight excluding hydrogens is 1230 g/mol. The van der Waals surface area contributed by atoms with Gasteiger partial charge in [0.15, 0.2) is 8.07 Å². The van der Waals surface area contributed by atoms with Crippen LogP contribution in [0.2, 0.25) is 89.6 Å². The van der Waals surface area contributed by atoms with Gasteiger partial charge in [-0.1, -0.05) is 384 Å². The molecule has 0 aliphatic carbocycles. The molecule has 0 saturated carbocycles. The molecule has 0 aromatic heterocycles. The summed E-state index contributed by atoms with van der Waals surface area (Å²) in [5.41, 5.74) is 13.4. The Bertz CT molecular complexity index is 2930. The maximum Gasteiger partial charge on any atom is 0.164 e. The molecule has 0 N–H and O–H groups in total. The molecule has 3 aromatic carbocycles. The summed E-state index contributed by atoms with van der Waals surface area (Å²) < 4.78 is 0. The highest BCUT2D eigenvalue weighted by atomic mass is 35.5. The van der Waals surface area contributed by atoms with E-state index in [2.05, 4.69) is 241 Å². The molecule has 0 atom stereocenters. The molecule has 3 rings (SSSR count). The van der Waals surface area contributed by atoms with E-state index >= 15 is 0 Å². The van der Waals surface area contributed by atoms with Gasteiger partial charge in [-0.3, -0.25) is 0 Å². The largest absolute Gasteiger partial charge is 0.164 e. The minimum absolute atomic E-state index is 0.639. The number of unbranched alkanes of at least 4 members (excludes halogenated alkanes) is 24. The van der Waals surface area contributed by atoms with Gasteiger partial charge in [-0.2, -0.15) is 0 Å². The standard InChI is InChI=1S/C34H44Si2.C30H56Cl2Si2.C21H36Si/c1-9-12-14-16-18-20-22-24-27-35(5,6)33-30-32(26-11-3)34(29-31(33)4)36(7,8)28-25-23-21-19-17-15-13-10-2;1-7-9-11-13-15-16-18-20-22-34(5,6)30-24-27(25-31)29(23-28(30)26-32)33(3,4)21-19-17-14-12-10-8-2;1-7-9-10-11-12-13-15-22(5,6)21-17-19(4)18(3)16-20(21)14-8-2/h2,11,26,29-30H,9,12,14,16,18,20,22,24,27H2,1,3-8H3;23-24H,7-22,25-26H2,1-6H3;8,14,16-17H,7,9-13,15H2,1-6H3/b26-11+;;14-8+. The Morgan fingerprint density at radius 2 is 0.630 bits per heavy atom. The molecule has 0 amide bonds. The van der Waals surface area contributed by atoms with Crippen LogP contribution >= 0.6 is 23.2 Å². The second kappa shape index (κ2) is 49.2. The highest BCUT2D eigenvalue weighted by Gasteiger charge is 2.33. The van der Waals surface area contributed by atoms with Crippen molar-refractivity contribution >= 4 is 102 Å². The lowest BCUT2D eigenvalue weighted by atomic mass is 10.1. The van der Waals surface area contributed by atoms with Crippen LogP contribution in [0.4, 0.5) is 0 Å². The second-order valence-corrected chi connectivity index (χ2v) is 53.8. The van der Waals surface area contributed by atoms with Crippen molar-refractivity contribution in [1.29, 1.82) is 0 Å². The Morgan fingerprint density at radius 1 is 0.337 bits per heavy atom. The van der Waals surface area contributed by atoms with Gasteiger partial charge in [0.25, 0.3) is 0 Å². The minimum atomic E-state index is -2.01. The molecule has 0 aliphatic rings. The average molecular weight is 1370 g/mol. The maximum atomic E-state index is 6.58. The van der Waals surface area contributed by atoms with Gasteiger partial charge in [-0.15, -0.1) is 35.2 Å². The van der Waals surface area contributed by atoms with Crippen molar-refractivity contribution in [3.63, 3.8) is 0 Å². The third-order valence-electron chi connectivity index (χ3n) is 19.4. The monoisotopic (exact) mass is 1370 g/mol. The summed E-state index contributed by atoms with van der Waals surface area (Å²) in [5, 5.41) is 7.80. The van der Waals surface area contributed by atoms with Crippen molar-refractivity contribution in [3.05, 3.63) is 87.5 Å². The van der Waals surface area contributed by atoms with Crippen LogP contribution in [-0.4, -0.2) is 40.4 Å². The van der Waals surface area contributed by atoms with Crippen molar-refractivity contribution in [2.24, 2.45) is 0 Å². The quantitative estimate of drug-likeness (QED) is 0.0230. The van der Waals surface area contributed by atoms with Crippen molar-refractivity contribution in [2.75, 3.05) is 0 Å². The number of halogens is 2. The molecule has 0 saturated heterocycles. The molecule has 0 nitrogen and oxygen atoms in total. The van der Waals surface area contributed by atoms with E-state index < -0.39 is 40.4 Å². The number of hydrogen-bond acceptors (Lipinski definition) is 0. The van der Waals surface area contributed by atoms with E-state index in [1.54, 1.807) is 20.7 Å². The minimum Gasteiger partial charge on any atom is -0.122 e. The van der Waals surface area contributed by atoms with Crippen molar-refractivity contribution < 1.29 is 0 Å². The molecule has 0 spiro atoms. The predicted molar refractivity (Wildman–Crippen MR) is 439 cm³/mol. The SMILES string of the molecule is C#CC#CC#CC#CC#C[Si](C)(C)c1cc(C)c([Si](C)(C)CCCCCCCCCC)cc1/C=C/C.C/C=C/c1cc(C)c(C)cc1[Si](C)(C)CCCCCCCC.CCCCCCCCCC[Si](C)(C)c1cc(CCl)c([Si](C)(C)CCCCCCCC)cc1CCl. The third kappa shape index (κ3) is 34.5. The van der Waals surface area contributed by atoms with E-state index in [0.717, 1.165) is 0 Å². The first-order valence-corrected chi connectivity index (χ1v) is 54.0. The summed E-state index contributed by atoms with van der Waals surface area (Å²) in [5.74, 6) is 22.4. The number of rotatable bonds is 41. The van der Waals surface area contributed by atoms with Gasteiger partial charge in [0.2, 0.25) is 0 Å². The Morgan fingerprint density at radius 3 is 0.978 bits per heavy atom. The highest BCUT2D eigenvalue weighted by Crippen LogP contribution is 2.26. The van der Waals surface area contributed by atoms with E-state index in [1.807, 2.05) is 0 Å². The summed E-state index contributed by atoms with van der Waals surface area (Å²) in [4.78, 5) is 0. The van der Waals surface area contributed by atoms with Crippen molar-refractivity contribution in [3.8, 4) is 59.3 Å². The lowest BCUT2D eigenvalue weighted by Crippen LogP contribution is -2.48. The number of allylic oxidation sites excluding steroid dienone is 2. The van der Waals surface area contributed by atoms with Gasteiger partial charge >= 0.3 is 0 Å². The lowest BCUT2D eigenvalue weighted by Gasteiger charge is -2.31. The van der Waals surface area contributed by atoms with Crippen LogP contribution in [0.25, 0.3) is 12.2 Å². The maximum absolute atomic E-state index is 6.58. The zero-order valence-electron chi connectivity index (χ0n) is 63.1. The zero-order valence-corrected chi connectivity index (χ0v) is 69.7.